The standard InChI is InChI=1S/C83H162O17P2/c1-6-9-12-15-18-21-24-27-29-31-33-35-37-39-41-44-46-51-56-61-66-80(85)93-72-78(99-83(88)69-64-59-53-48-45-42-40-38-36-34-32-30-28-25-22-19-16-13-10-7-2)74-97-101(89,90)95-70-77(84)71-96-102(91,92)98-75-79(73-94-81(86)67-62-57-54-49-50-55-60-65-76(4)5)100-82(87)68-63-58-52-47-43-26-23-20-17-14-11-8-3/h76-79,84H,6-75H2,1-5H3,(H,89,90)(H,91,92)/t77-,78-,79-/m1/s1. The molecule has 606 valence electrons. The summed E-state index contributed by atoms with van der Waals surface area (Å²) in [5, 5.41) is 10.6. The van der Waals surface area contributed by atoms with Crippen molar-refractivity contribution in [3.05, 3.63) is 0 Å². The van der Waals surface area contributed by atoms with E-state index in [-0.39, 0.29) is 25.7 Å². The fourth-order valence-electron chi connectivity index (χ4n) is 12.9. The summed E-state index contributed by atoms with van der Waals surface area (Å²) in [6.45, 7) is 7.28. The van der Waals surface area contributed by atoms with Crippen molar-refractivity contribution in [3.63, 3.8) is 0 Å². The van der Waals surface area contributed by atoms with Crippen LogP contribution in [0.2, 0.25) is 0 Å². The number of hydrogen-bond acceptors (Lipinski definition) is 15. The topological polar surface area (TPSA) is 237 Å². The van der Waals surface area contributed by atoms with Gasteiger partial charge in [0.25, 0.3) is 0 Å². The second-order valence-corrected chi connectivity index (χ2v) is 33.3. The molecule has 0 aromatic rings. The first-order valence-corrected chi connectivity index (χ1v) is 46.1. The van der Waals surface area contributed by atoms with Crippen LogP contribution in [-0.2, 0) is 65.4 Å². The number of carbonyl (C=O) groups is 4. The van der Waals surface area contributed by atoms with Gasteiger partial charge in [-0.15, -0.1) is 0 Å². The van der Waals surface area contributed by atoms with Gasteiger partial charge in [-0.3, -0.25) is 37.3 Å². The number of phosphoric acid groups is 2. The van der Waals surface area contributed by atoms with Gasteiger partial charge in [0.05, 0.1) is 26.4 Å². The zero-order valence-electron chi connectivity index (χ0n) is 66.8. The van der Waals surface area contributed by atoms with Gasteiger partial charge in [0, 0.05) is 25.7 Å². The van der Waals surface area contributed by atoms with Crippen LogP contribution in [0, 0.1) is 5.92 Å². The molecule has 0 aliphatic heterocycles. The molecule has 2 unspecified atom stereocenters. The summed E-state index contributed by atoms with van der Waals surface area (Å²) in [6.07, 6.45) is 68.2. The second-order valence-electron chi connectivity index (χ2n) is 30.3. The summed E-state index contributed by atoms with van der Waals surface area (Å²) in [7, 11) is -9.92. The van der Waals surface area contributed by atoms with Gasteiger partial charge in [-0.1, -0.05) is 394 Å². The summed E-state index contributed by atoms with van der Waals surface area (Å²) in [6, 6.07) is 0. The van der Waals surface area contributed by atoms with Crippen LogP contribution in [0.4, 0.5) is 0 Å². The molecule has 0 saturated carbocycles. The zero-order chi connectivity index (χ0) is 74.8. The SMILES string of the molecule is CCCCCCCCCCCCCCCCCCCCCCC(=O)OC[C@H](COP(=O)(O)OC[C@@H](O)COP(=O)(O)OC[C@@H](COC(=O)CCCCCCCCCC(C)C)OC(=O)CCCCCCCCCCCCCC)OC(=O)CCCCCCCCCCCCCCCCCCCCCC. The number of carbonyl (C=O) groups excluding carboxylic acids is 4. The third-order valence-electron chi connectivity index (χ3n) is 19.5. The van der Waals surface area contributed by atoms with Crippen LogP contribution >= 0.6 is 15.6 Å². The Labute approximate surface area is 626 Å². The van der Waals surface area contributed by atoms with Crippen LogP contribution in [0.15, 0.2) is 0 Å². The first-order chi connectivity index (χ1) is 49.5. The second kappa shape index (κ2) is 75.9. The molecular formula is C83H162O17P2. The summed E-state index contributed by atoms with van der Waals surface area (Å²) < 4.78 is 68.7. The van der Waals surface area contributed by atoms with Gasteiger partial charge in [0.1, 0.15) is 19.3 Å². The van der Waals surface area contributed by atoms with E-state index in [1.165, 1.54) is 263 Å². The van der Waals surface area contributed by atoms with E-state index in [0.29, 0.717) is 31.6 Å². The van der Waals surface area contributed by atoms with E-state index in [4.69, 9.17) is 37.0 Å². The number of aliphatic hydroxyl groups is 1. The lowest BCUT2D eigenvalue weighted by atomic mass is 10.0. The van der Waals surface area contributed by atoms with E-state index in [9.17, 15) is 43.2 Å². The minimum atomic E-state index is -4.96. The maximum absolute atomic E-state index is 13.1. The summed E-state index contributed by atoms with van der Waals surface area (Å²) in [4.78, 5) is 73.0. The van der Waals surface area contributed by atoms with Gasteiger partial charge < -0.3 is 33.8 Å². The lowest BCUT2D eigenvalue weighted by Crippen LogP contribution is -2.30. The molecule has 0 bridgehead atoms. The van der Waals surface area contributed by atoms with E-state index in [0.717, 1.165) is 96.3 Å². The number of phosphoric ester groups is 2. The minimum absolute atomic E-state index is 0.107. The molecule has 17 nitrogen and oxygen atoms in total. The molecule has 0 saturated heterocycles. The molecule has 19 heteroatoms. The van der Waals surface area contributed by atoms with Gasteiger partial charge >= 0.3 is 39.5 Å². The van der Waals surface area contributed by atoms with Crippen molar-refractivity contribution in [1.29, 1.82) is 0 Å². The maximum Gasteiger partial charge on any atom is 0.472 e. The van der Waals surface area contributed by atoms with Gasteiger partial charge in [0.15, 0.2) is 12.2 Å². The highest BCUT2D eigenvalue weighted by atomic mass is 31.2. The number of esters is 4. The van der Waals surface area contributed by atoms with Gasteiger partial charge in [-0.25, -0.2) is 9.13 Å². The molecule has 0 aliphatic rings. The van der Waals surface area contributed by atoms with Crippen LogP contribution in [0.25, 0.3) is 0 Å². The number of unbranched alkanes of at least 4 members (excludes halogenated alkanes) is 55. The molecule has 0 heterocycles. The van der Waals surface area contributed by atoms with E-state index < -0.39 is 97.5 Å². The number of hydrogen-bond donors (Lipinski definition) is 3. The lowest BCUT2D eigenvalue weighted by molar-refractivity contribution is -0.161. The predicted molar refractivity (Wildman–Crippen MR) is 418 cm³/mol. The van der Waals surface area contributed by atoms with Crippen molar-refractivity contribution in [2.75, 3.05) is 39.6 Å². The number of aliphatic hydroxyl groups excluding tert-OH is 1. The van der Waals surface area contributed by atoms with Crippen LogP contribution in [0.1, 0.15) is 446 Å². The van der Waals surface area contributed by atoms with Crippen LogP contribution in [0.3, 0.4) is 0 Å². The van der Waals surface area contributed by atoms with Gasteiger partial charge in [-0.2, -0.15) is 0 Å². The average molecular weight is 1490 g/mol. The predicted octanol–water partition coefficient (Wildman–Crippen LogP) is 25.2. The van der Waals surface area contributed by atoms with Crippen molar-refractivity contribution in [2.45, 2.75) is 464 Å². The molecule has 0 aromatic carbocycles. The Morgan fingerprint density at radius 2 is 0.451 bits per heavy atom. The highest BCUT2D eigenvalue weighted by Crippen LogP contribution is 2.45. The molecule has 0 radical (unpaired) electrons. The van der Waals surface area contributed by atoms with E-state index in [1.54, 1.807) is 0 Å². The minimum Gasteiger partial charge on any atom is -0.462 e. The number of ether oxygens (including phenoxy) is 4. The van der Waals surface area contributed by atoms with Crippen LogP contribution in [-0.4, -0.2) is 96.7 Å². The van der Waals surface area contributed by atoms with Crippen molar-refractivity contribution in [2.24, 2.45) is 5.92 Å². The van der Waals surface area contributed by atoms with Crippen LogP contribution < -0.4 is 0 Å². The maximum atomic E-state index is 13.1. The van der Waals surface area contributed by atoms with Crippen molar-refractivity contribution < 1.29 is 80.2 Å². The molecular weight excluding hydrogens is 1330 g/mol. The third kappa shape index (κ3) is 76.3. The van der Waals surface area contributed by atoms with E-state index in [2.05, 4.69) is 34.6 Å². The van der Waals surface area contributed by atoms with Crippen molar-refractivity contribution in [3.8, 4) is 0 Å². The zero-order valence-corrected chi connectivity index (χ0v) is 68.5. The highest BCUT2D eigenvalue weighted by Gasteiger charge is 2.30. The monoisotopic (exact) mass is 1490 g/mol. The van der Waals surface area contributed by atoms with E-state index >= 15 is 0 Å². The molecule has 0 amide bonds. The molecule has 0 aliphatic carbocycles. The Bertz CT molecular complexity index is 1940. The van der Waals surface area contributed by atoms with E-state index in [1.807, 2.05) is 0 Å². The third-order valence-corrected chi connectivity index (χ3v) is 21.4. The Balaban J connectivity index is 5.20. The smallest absolute Gasteiger partial charge is 0.462 e. The first-order valence-electron chi connectivity index (χ1n) is 43.1. The average Bonchev–Trinajstić information content (AvgIpc) is 0.931. The van der Waals surface area contributed by atoms with Crippen molar-refractivity contribution in [1.82, 2.24) is 0 Å². The number of rotatable bonds is 83. The molecule has 0 aromatic heterocycles. The summed E-state index contributed by atoms with van der Waals surface area (Å²) in [5.74, 6) is -1.40. The fourth-order valence-corrected chi connectivity index (χ4v) is 14.5. The molecule has 102 heavy (non-hydrogen) atoms. The molecule has 0 fully saturated rings. The largest absolute Gasteiger partial charge is 0.472 e. The molecule has 0 rings (SSSR count). The molecule has 0 spiro atoms. The van der Waals surface area contributed by atoms with Crippen LogP contribution in [0.5, 0.6) is 0 Å². The molecule has 5 atom stereocenters. The fraction of sp³-hybridized carbons (Fsp3) is 0.952. The molecule has 3 N–H and O–H groups in total. The first kappa shape index (κ1) is 100. The Morgan fingerprint density at radius 1 is 0.265 bits per heavy atom. The summed E-state index contributed by atoms with van der Waals surface area (Å²) >= 11 is 0. The highest BCUT2D eigenvalue weighted by molar-refractivity contribution is 7.47. The lowest BCUT2D eigenvalue weighted by Gasteiger charge is -2.21. The normalized spacial score (nSPS) is 13.8. The quantitative estimate of drug-likeness (QED) is 0.0222. The van der Waals surface area contributed by atoms with Gasteiger partial charge in [0.2, 0.25) is 0 Å². The van der Waals surface area contributed by atoms with Crippen molar-refractivity contribution >= 4 is 39.5 Å². The Hall–Kier alpha value is -1.94. The Morgan fingerprint density at radius 3 is 0.667 bits per heavy atom. The Kier molecular flexibility index (Phi) is 74.4. The summed E-state index contributed by atoms with van der Waals surface area (Å²) in [5.41, 5.74) is 0. The van der Waals surface area contributed by atoms with Gasteiger partial charge in [-0.05, 0) is 31.6 Å².